The van der Waals surface area contributed by atoms with E-state index in [1.54, 1.807) is 0 Å². The lowest BCUT2D eigenvalue weighted by atomic mass is 10.0. The smallest absolute Gasteiger partial charge is 0.0799 e. The Bertz CT molecular complexity index is 186. The topological polar surface area (TPSA) is 38.7 Å². The SMILES string of the molecule is CCC(C)C(O)COC1CC(C)OC(C)C1. The molecule has 1 heterocycles. The summed E-state index contributed by atoms with van der Waals surface area (Å²) < 4.78 is 11.4. The van der Waals surface area contributed by atoms with Crippen molar-refractivity contribution in [1.29, 1.82) is 0 Å². The van der Waals surface area contributed by atoms with E-state index < -0.39 is 0 Å². The summed E-state index contributed by atoms with van der Waals surface area (Å²) in [5.74, 6) is 0.315. The van der Waals surface area contributed by atoms with E-state index in [2.05, 4.69) is 27.7 Å². The lowest BCUT2D eigenvalue weighted by molar-refractivity contribution is -0.117. The second kappa shape index (κ2) is 6.58. The largest absolute Gasteiger partial charge is 0.390 e. The van der Waals surface area contributed by atoms with Crippen LogP contribution >= 0.6 is 0 Å². The highest BCUT2D eigenvalue weighted by Gasteiger charge is 2.26. The molecule has 4 unspecified atom stereocenters. The number of rotatable bonds is 5. The first-order chi connectivity index (χ1) is 7.52. The molecule has 1 saturated heterocycles. The van der Waals surface area contributed by atoms with Gasteiger partial charge in [0.05, 0.1) is 31.0 Å². The van der Waals surface area contributed by atoms with Gasteiger partial charge in [0.1, 0.15) is 0 Å². The number of aliphatic hydroxyl groups excluding tert-OH is 1. The van der Waals surface area contributed by atoms with Crippen LogP contribution in [0.4, 0.5) is 0 Å². The van der Waals surface area contributed by atoms with Crippen molar-refractivity contribution in [3.05, 3.63) is 0 Å². The van der Waals surface area contributed by atoms with Crippen LogP contribution in [0.3, 0.4) is 0 Å². The molecule has 0 aromatic carbocycles. The van der Waals surface area contributed by atoms with Gasteiger partial charge >= 0.3 is 0 Å². The zero-order valence-electron chi connectivity index (χ0n) is 11.0. The Morgan fingerprint density at radius 2 is 1.88 bits per heavy atom. The Hall–Kier alpha value is -0.120. The van der Waals surface area contributed by atoms with Crippen molar-refractivity contribution >= 4 is 0 Å². The van der Waals surface area contributed by atoms with E-state index in [0.717, 1.165) is 19.3 Å². The summed E-state index contributed by atoms with van der Waals surface area (Å²) in [7, 11) is 0. The van der Waals surface area contributed by atoms with Crippen LogP contribution in [0.2, 0.25) is 0 Å². The fourth-order valence-electron chi connectivity index (χ4n) is 2.15. The molecule has 0 aromatic heterocycles. The molecule has 0 spiro atoms. The lowest BCUT2D eigenvalue weighted by Gasteiger charge is -2.32. The number of hydrogen-bond acceptors (Lipinski definition) is 3. The lowest BCUT2D eigenvalue weighted by Crippen LogP contribution is -2.36. The molecule has 0 aromatic rings. The van der Waals surface area contributed by atoms with Gasteiger partial charge in [0.2, 0.25) is 0 Å². The summed E-state index contributed by atoms with van der Waals surface area (Å²) in [6.07, 6.45) is 3.33. The van der Waals surface area contributed by atoms with Gasteiger partial charge in [-0.1, -0.05) is 20.3 Å². The Morgan fingerprint density at radius 1 is 1.31 bits per heavy atom. The summed E-state index contributed by atoms with van der Waals surface area (Å²) in [6.45, 7) is 8.77. The van der Waals surface area contributed by atoms with Crippen LogP contribution in [0, 0.1) is 5.92 Å². The zero-order valence-corrected chi connectivity index (χ0v) is 11.0. The van der Waals surface area contributed by atoms with Gasteiger partial charge in [-0.2, -0.15) is 0 Å². The average Bonchev–Trinajstić information content (AvgIpc) is 2.23. The summed E-state index contributed by atoms with van der Waals surface area (Å²) in [6, 6.07) is 0. The zero-order chi connectivity index (χ0) is 12.1. The maximum Gasteiger partial charge on any atom is 0.0799 e. The normalized spacial score (nSPS) is 34.7. The van der Waals surface area contributed by atoms with Gasteiger partial charge in [-0.25, -0.2) is 0 Å². The molecule has 0 bridgehead atoms. The maximum absolute atomic E-state index is 9.82. The number of ether oxygens (including phenoxy) is 2. The third-order valence-corrected chi connectivity index (χ3v) is 3.46. The van der Waals surface area contributed by atoms with Crippen molar-refractivity contribution in [2.24, 2.45) is 5.92 Å². The summed E-state index contributed by atoms with van der Waals surface area (Å²) in [5.41, 5.74) is 0. The monoisotopic (exact) mass is 230 g/mol. The molecule has 3 heteroatoms. The summed E-state index contributed by atoms with van der Waals surface area (Å²) >= 11 is 0. The molecule has 16 heavy (non-hydrogen) atoms. The van der Waals surface area contributed by atoms with E-state index in [9.17, 15) is 5.11 Å². The van der Waals surface area contributed by atoms with Crippen LogP contribution in [0.5, 0.6) is 0 Å². The van der Waals surface area contributed by atoms with Crippen LogP contribution in [-0.2, 0) is 9.47 Å². The molecule has 4 atom stereocenters. The second-order valence-electron chi connectivity index (χ2n) is 5.14. The van der Waals surface area contributed by atoms with Crippen molar-refractivity contribution in [2.45, 2.75) is 71.4 Å². The van der Waals surface area contributed by atoms with Gasteiger partial charge in [-0.15, -0.1) is 0 Å². The second-order valence-corrected chi connectivity index (χ2v) is 5.14. The summed E-state index contributed by atoms with van der Waals surface area (Å²) in [5, 5.41) is 9.82. The molecule has 3 nitrogen and oxygen atoms in total. The fourth-order valence-corrected chi connectivity index (χ4v) is 2.15. The highest BCUT2D eigenvalue weighted by atomic mass is 16.5. The molecule has 0 saturated carbocycles. The van der Waals surface area contributed by atoms with Crippen molar-refractivity contribution in [3.8, 4) is 0 Å². The molecule has 1 aliphatic rings. The Morgan fingerprint density at radius 3 is 2.38 bits per heavy atom. The van der Waals surface area contributed by atoms with Gasteiger partial charge in [0, 0.05) is 0 Å². The molecule has 0 radical (unpaired) electrons. The van der Waals surface area contributed by atoms with E-state index >= 15 is 0 Å². The van der Waals surface area contributed by atoms with Crippen LogP contribution < -0.4 is 0 Å². The van der Waals surface area contributed by atoms with E-state index in [4.69, 9.17) is 9.47 Å². The fraction of sp³-hybridized carbons (Fsp3) is 1.00. The first-order valence-corrected chi connectivity index (χ1v) is 6.48. The molecule has 1 N–H and O–H groups in total. The van der Waals surface area contributed by atoms with E-state index in [0.29, 0.717) is 12.5 Å². The van der Waals surface area contributed by atoms with E-state index in [-0.39, 0.29) is 24.4 Å². The van der Waals surface area contributed by atoms with Crippen molar-refractivity contribution in [3.63, 3.8) is 0 Å². The first-order valence-electron chi connectivity index (χ1n) is 6.48. The molecular formula is C13H26O3. The van der Waals surface area contributed by atoms with Gasteiger partial charge < -0.3 is 14.6 Å². The quantitative estimate of drug-likeness (QED) is 0.788. The number of aliphatic hydroxyl groups is 1. The third-order valence-electron chi connectivity index (χ3n) is 3.46. The molecule has 1 rings (SSSR count). The third kappa shape index (κ3) is 4.40. The minimum Gasteiger partial charge on any atom is -0.390 e. The van der Waals surface area contributed by atoms with Crippen molar-refractivity contribution in [1.82, 2.24) is 0 Å². The average molecular weight is 230 g/mol. The van der Waals surface area contributed by atoms with Crippen LogP contribution in [-0.4, -0.2) is 36.1 Å². The predicted octanol–water partition coefficient (Wildman–Crippen LogP) is 2.37. The van der Waals surface area contributed by atoms with Crippen molar-refractivity contribution < 1.29 is 14.6 Å². The number of hydrogen-bond donors (Lipinski definition) is 1. The highest BCUT2D eigenvalue weighted by Crippen LogP contribution is 2.22. The maximum atomic E-state index is 9.82. The van der Waals surface area contributed by atoms with Gasteiger partial charge in [-0.05, 0) is 32.6 Å². The molecule has 0 amide bonds. The molecule has 1 fully saturated rings. The Balaban J connectivity index is 2.26. The molecule has 96 valence electrons. The Labute approximate surface area is 99.1 Å². The van der Waals surface area contributed by atoms with Crippen LogP contribution in [0.25, 0.3) is 0 Å². The summed E-state index contributed by atoms with van der Waals surface area (Å²) in [4.78, 5) is 0. The minimum atomic E-state index is -0.335. The molecule has 1 aliphatic heterocycles. The Kier molecular flexibility index (Phi) is 5.73. The van der Waals surface area contributed by atoms with Crippen LogP contribution in [0.15, 0.2) is 0 Å². The molecule has 0 aliphatic carbocycles. The van der Waals surface area contributed by atoms with Gasteiger partial charge in [-0.3, -0.25) is 0 Å². The van der Waals surface area contributed by atoms with Gasteiger partial charge in [0.25, 0.3) is 0 Å². The van der Waals surface area contributed by atoms with E-state index in [1.807, 2.05) is 0 Å². The van der Waals surface area contributed by atoms with Gasteiger partial charge in [0.15, 0.2) is 0 Å². The van der Waals surface area contributed by atoms with Crippen LogP contribution in [0.1, 0.15) is 47.0 Å². The minimum absolute atomic E-state index is 0.248. The standard InChI is InChI=1S/C13H26O3/c1-5-9(2)13(14)8-15-12-6-10(3)16-11(4)7-12/h9-14H,5-8H2,1-4H3. The first kappa shape index (κ1) is 13.9. The highest BCUT2D eigenvalue weighted by molar-refractivity contribution is 4.74. The van der Waals surface area contributed by atoms with Crippen molar-refractivity contribution in [2.75, 3.05) is 6.61 Å². The predicted molar refractivity (Wildman–Crippen MR) is 64.4 cm³/mol. The van der Waals surface area contributed by atoms with E-state index in [1.165, 1.54) is 0 Å². The molecular weight excluding hydrogens is 204 g/mol.